The number of imide groups is 1. The molecular formula is C32H57NO15. The van der Waals surface area contributed by atoms with Gasteiger partial charge in [-0.15, -0.1) is 0 Å². The monoisotopic (exact) mass is 695 g/mol. The molecule has 0 aromatic rings. The summed E-state index contributed by atoms with van der Waals surface area (Å²) in [6, 6.07) is 0. The molecule has 0 saturated heterocycles. The maximum Gasteiger partial charge on any atom is 0.305 e. The van der Waals surface area contributed by atoms with Crippen molar-refractivity contribution in [3.8, 4) is 0 Å². The Hall–Kier alpha value is -2.09. The Bertz CT molecular complexity index is 783. The molecule has 48 heavy (non-hydrogen) atoms. The Morgan fingerprint density at radius 3 is 0.958 bits per heavy atom. The van der Waals surface area contributed by atoms with Gasteiger partial charge in [0, 0.05) is 18.6 Å². The maximum absolute atomic E-state index is 11.4. The van der Waals surface area contributed by atoms with E-state index in [4.69, 9.17) is 56.8 Å². The number of carbonyl (C=O) groups excluding carboxylic acids is 3. The number of nitrogens with zero attached hydrogens (tertiary/aromatic N) is 1. The van der Waals surface area contributed by atoms with E-state index in [-0.39, 0.29) is 37.5 Å². The van der Waals surface area contributed by atoms with Crippen LogP contribution in [0.25, 0.3) is 0 Å². The van der Waals surface area contributed by atoms with Crippen molar-refractivity contribution in [2.45, 2.75) is 19.8 Å². The van der Waals surface area contributed by atoms with Crippen LogP contribution in [0.4, 0.5) is 0 Å². The summed E-state index contributed by atoms with van der Waals surface area (Å²) in [7, 11) is 0. The van der Waals surface area contributed by atoms with E-state index in [1.165, 1.54) is 12.2 Å². The molecule has 0 fully saturated rings. The summed E-state index contributed by atoms with van der Waals surface area (Å²) in [4.78, 5) is 35.1. The lowest BCUT2D eigenvalue weighted by molar-refractivity contribution is -0.145. The molecular weight excluding hydrogens is 638 g/mol. The third-order valence-corrected chi connectivity index (χ3v) is 6.02. The first-order valence-electron chi connectivity index (χ1n) is 16.7. The molecule has 0 spiro atoms. The Balaban J connectivity index is 1.62. The highest BCUT2D eigenvalue weighted by Gasteiger charge is 2.22. The van der Waals surface area contributed by atoms with E-state index in [9.17, 15) is 14.4 Å². The number of ether oxygens (including phenoxy) is 12. The topological polar surface area (TPSA) is 165 Å². The predicted molar refractivity (Wildman–Crippen MR) is 171 cm³/mol. The Morgan fingerprint density at radius 1 is 0.438 bits per heavy atom. The zero-order valence-electron chi connectivity index (χ0n) is 28.6. The molecule has 1 aliphatic heterocycles. The number of hydrogen-bond donors (Lipinski definition) is 0. The van der Waals surface area contributed by atoms with Gasteiger partial charge in [0.15, 0.2) is 0 Å². The number of amides is 2. The van der Waals surface area contributed by atoms with Crippen molar-refractivity contribution in [2.24, 2.45) is 0 Å². The van der Waals surface area contributed by atoms with Crippen molar-refractivity contribution >= 4 is 17.8 Å². The van der Waals surface area contributed by atoms with Crippen LogP contribution in [0, 0.1) is 0 Å². The first kappa shape index (κ1) is 43.9. The Morgan fingerprint density at radius 2 is 0.688 bits per heavy atom. The second-order valence-corrected chi connectivity index (χ2v) is 9.87. The molecule has 1 aliphatic rings. The van der Waals surface area contributed by atoms with E-state index < -0.39 is 0 Å². The van der Waals surface area contributed by atoms with Crippen LogP contribution in [0.1, 0.15) is 19.8 Å². The quantitative estimate of drug-likeness (QED) is 0.0496. The van der Waals surface area contributed by atoms with Gasteiger partial charge in [-0.1, -0.05) is 6.92 Å². The molecule has 16 nitrogen and oxygen atoms in total. The second-order valence-electron chi connectivity index (χ2n) is 9.87. The van der Waals surface area contributed by atoms with E-state index >= 15 is 0 Å². The number of carbonyl (C=O) groups is 3. The summed E-state index contributed by atoms with van der Waals surface area (Å²) < 4.78 is 64.7. The van der Waals surface area contributed by atoms with Crippen LogP contribution in [0.5, 0.6) is 0 Å². The standard InChI is InChI=1S/C32H57NO15/c1-2-3-32(36)48-29-28-47-27-26-46-25-24-45-23-22-44-21-20-43-19-18-42-17-16-41-15-14-40-13-12-39-11-10-38-9-8-37-7-6-33-30(34)4-5-31(33)35/h4-5H,2-3,6-29H2,1H3. The van der Waals surface area contributed by atoms with Gasteiger partial charge in [-0.3, -0.25) is 19.3 Å². The molecule has 0 radical (unpaired) electrons. The lowest BCUT2D eigenvalue weighted by atomic mass is 10.3. The maximum atomic E-state index is 11.4. The van der Waals surface area contributed by atoms with E-state index in [0.29, 0.717) is 145 Å². The summed E-state index contributed by atoms with van der Waals surface area (Å²) in [5.41, 5.74) is 0. The van der Waals surface area contributed by atoms with Crippen LogP contribution in [0.15, 0.2) is 12.2 Å². The zero-order chi connectivity index (χ0) is 34.6. The van der Waals surface area contributed by atoms with Crippen molar-refractivity contribution in [1.82, 2.24) is 4.90 Å². The molecule has 0 aromatic carbocycles. The third-order valence-electron chi connectivity index (χ3n) is 6.02. The van der Waals surface area contributed by atoms with Crippen molar-refractivity contribution in [2.75, 3.05) is 159 Å². The summed E-state index contributed by atoms with van der Waals surface area (Å²) in [6.07, 6.45) is 3.72. The molecule has 16 heteroatoms. The number of rotatable bonds is 38. The van der Waals surface area contributed by atoms with Gasteiger partial charge in [-0.05, 0) is 6.42 Å². The molecule has 280 valence electrons. The molecule has 0 aromatic heterocycles. The SMILES string of the molecule is CCCC(=O)OCCOCCOCCOCCOCCOCCOCCOCCOCCOCCOCCOCCN1C(=O)C=CC1=O. The highest BCUT2D eigenvalue weighted by atomic mass is 16.6. The largest absolute Gasteiger partial charge is 0.463 e. The molecule has 0 saturated carbocycles. The molecule has 0 atom stereocenters. The molecule has 0 bridgehead atoms. The predicted octanol–water partition coefficient (Wildman–Crippen LogP) is 0.437. The van der Waals surface area contributed by atoms with Gasteiger partial charge >= 0.3 is 5.97 Å². The summed E-state index contributed by atoms with van der Waals surface area (Å²) in [5, 5.41) is 0. The van der Waals surface area contributed by atoms with Gasteiger partial charge < -0.3 is 56.8 Å². The summed E-state index contributed by atoms with van der Waals surface area (Å²) in [6.45, 7) is 12.3. The van der Waals surface area contributed by atoms with Crippen molar-refractivity contribution in [3.63, 3.8) is 0 Å². The van der Waals surface area contributed by atoms with E-state index in [2.05, 4.69) is 0 Å². The summed E-state index contributed by atoms with van der Waals surface area (Å²) in [5.74, 6) is -0.813. The van der Waals surface area contributed by atoms with E-state index in [1.807, 2.05) is 6.92 Å². The van der Waals surface area contributed by atoms with Crippen molar-refractivity contribution in [3.05, 3.63) is 12.2 Å². The minimum absolute atomic E-state index is 0.194. The van der Waals surface area contributed by atoms with Gasteiger partial charge in [0.1, 0.15) is 6.61 Å². The average Bonchev–Trinajstić information content (AvgIpc) is 3.40. The highest BCUT2D eigenvalue weighted by Crippen LogP contribution is 2.02. The molecule has 1 heterocycles. The smallest absolute Gasteiger partial charge is 0.305 e. The van der Waals surface area contributed by atoms with Crippen LogP contribution < -0.4 is 0 Å². The first-order valence-corrected chi connectivity index (χ1v) is 16.7. The lowest BCUT2D eigenvalue weighted by Crippen LogP contribution is -2.33. The number of esters is 1. The molecule has 1 rings (SSSR count). The van der Waals surface area contributed by atoms with Crippen molar-refractivity contribution < 1.29 is 71.2 Å². The molecule has 0 N–H and O–H groups in total. The Labute approximate surface area is 284 Å². The average molecular weight is 696 g/mol. The minimum atomic E-state index is -0.310. The summed E-state index contributed by atoms with van der Waals surface area (Å²) >= 11 is 0. The zero-order valence-corrected chi connectivity index (χ0v) is 28.6. The van der Waals surface area contributed by atoms with Crippen LogP contribution in [-0.4, -0.2) is 181 Å². The normalized spacial score (nSPS) is 12.9. The third kappa shape index (κ3) is 28.9. The van der Waals surface area contributed by atoms with E-state index in [1.54, 1.807) is 0 Å². The van der Waals surface area contributed by atoms with E-state index in [0.717, 1.165) is 11.3 Å². The number of hydrogen-bond acceptors (Lipinski definition) is 15. The van der Waals surface area contributed by atoms with Gasteiger partial charge in [0.25, 0.3) is 11.8 Å². The second kappa shape index (κ2) is 34.8. The van der Waals surface area contributed by atoms with Gasteiger partial charge in [-0.2, -0.15) is 0 Å². The lowest BCUT2D eigenvalue weighted by Gasteiger charge is -2.13. The fourth-order valence-corrected chi connectivity index (χ4v) is 3.60. The van der Waals surface area contributed by atoms with Gasteiger partial charge in [0.2, 0.25) is 0 Å². The fraction of sp³-hybridized carbons (Fsp3) is 0.844. The molecule has 0 unspecified atom stereocenters. The van der Waals surface area contributed by atoms with Crippen LogP contribution in [0.3, 0.4) is 0 Å². The van der Waals surface area contributed by atoms with Crippen LogP contribution in [-0.2, 0) is 71.2 Å². The van der Waals surface area contributed by atoms with Crippen molar-refractivity contribution in [1.29, 1.82) is 0 Å². The minimum Gasteiger partial charge on any atom is -0.463 e. The van der Waals surface area contributed by atoms with Crippen LogP contribution in [0.2, 0.25) is 0 Å². The fourth-order valence-electron chi connectivity index (χ4n) is 3.60. The van der Waals surface area contributed by atoms with Gasteiger partial charge in [-0.25, -0.2) is 0 Å². The molecule has 2 amide bonds. The van der Waals surface area contributed by atoms with Gasteiger partial charge in [0.05, 0.1) is 152 Å². The Kier molecular flexibility index (Phi) is 31.8. The first-order chi connectivity index (χ1) is 23.6. The molecule has 0 aliphatic carbocycles. The highest BCUT2D eigenvalue weighted by molar-refractivity contribution is 6.12. The van der Waals surface area contributed by atoms with Crippen LogP contribution >= 0.6 is 0 Å².